The molecule has 1 atom stereocenters. The van der Waals surface area contributed by atoms with E-state index in [0.717, 1.165) is 9.87 Å². The maximum absolute atomic E-state index is 13.9. The lowest BCUT2D eigenvalue weighted by atomic mass is 9.87. The fraction of sp³-hybridized carbons (Fsp3) is 0.357. The van der Waals surface area contributed by atoms with Gasteiger partial charge in [0, 0.05) is 37.6 Å². The number of pyridine rings is 1. The van der Waals surface area contributed by atoms with Gasteiger partial charge in [-0.3, -0.25) is 9.78 Å². The normalized spacial score (nSPS) is 17.9. The van der Waals surface area contributed by atoms with Crippen molar-refractivity contribution in [3.05, 3.63) is 79.0 Å². The number of hydrogen-bond acceptors (Lipinski definition) is 6. The lowest BCUT2D eigenvalue weighted by Gasteiger charge is -2.39. The number of para-hydroxylation sites is 1. The predicted octanol–water partition coefficient (Wildman–Crippen LogP) is 4.13. The number of nitrogens with zero attached hydrogens (tertiary/aromatic N) is 3. The smallest absolute Gasteiger partial charge is 0.245 e. The minimum atomic E-state index is -4.16. The molecule has 8 nitrogen and oxygen atoms in total. The highest BCUT2D eigenvalue weighted by molar-refractivity contribution is 7.89. The van der Waals surface area contributed by atoms with Crippen molar-refractivity contribution in [2.24, 2.45) is 0 Å². The number of carbonyl (C=O) groups excluding carboxylic acids is 1. The number of hydrogen-bond donors (Lipinski definition) is 0. The van der Waals surface area contributed by atoms with E-state index in [1.165, 1.54) is 16.6 Å². The maximum atomic E-state index is 13.9. The van der Waals surface area contributed by atoms with E-state index in [4.69, 9.17) is 0 Å². The minimum Gasteiger partial charge on any atom is -0.298 e. The summed E-state index contributed by atoms with van der Waals surface area (Å²) in [5.74, 6) is -0.357. The van der Waals surface area contributed by atoms with Gasteiger partial charge in [0.15, 0.2) is 5.78 Å². The van der Waals surface area contributed by atoms with Crippen LogP contribution in [0, 0.1) is 0 Å². The molecule has 0 spiro atoms. The van der Waals surface area contributed by atoms with Crippen LogP contribution in [0.5, 0.6) is 0 Å². The van der Waals surface area contributed by atoms with Gasteiger partial charge in [0.25, 0.3) is 0 Å². The van der Waals surface area contributed by atoms with Gasteiger partial charge in [0.05, 0.1) is 16.5 Å². The molecule has 0 bridgehead atoms. The van der Waals surface area contributed by atoms with Crippen LogP contribution in [0.15, 0.2) is 83.2 Å². The van der Waals surface area contributed by atoms with Crippen LogP contribution in [-0.2, 0) is 30.3 Å². The van der Waals surface area contributed by atoms with Crippen LogP contribution >= 0.6 is 0 Å². The van der Waals surface area contributed by atoms with Crippen LogP contribution in [0.1, 0.15) is 39.2 Å². The SMILES string of the molecule is C=CCCC(=O)C1CN(S(=O)(=O)c2ccc(C(C)(C)C)cc2)CCN1S(=O)(=O)c1cccc2cccnc12. The van der Waals surface area contributed by atoms with Crippen molar-refractivity contribution in [2.45, 2.75) is 54.9 Å². The van der Waals surface area contributed by atoms with E-state index >= 15 is 0 Å². The number of Topliss-reactive ketones (excluding diaryl/α,β-unsaturated/α-hetero) is 1. The standard InChI is InChI=1S/C28H33N3O5S2/c1-5-6-11-25(32)24-20-30(37(33,34)23-15-13-22(14-16-23)28(2,3)4)18-19-31(24)38(35,36)26-12-7-9-21-10-8-17-29-27(21)26/h5,7-10,12-17,24H,1,6,11,18-20H2,2-4H3. The van der Waals surface area contributed by atoms with Crippen LogP contribution in [0.25, 0.3) is 10.9 Å². The second-order valence-corrected chi connectivity index (χ2v) is 14.2. The first-order valence-corrected chi connectivity index (χ1v) is 15.4. The van der Waals surface area contributed by atoms with Crippen molar-refractivity contribution in [1.82, 2.24) is 13.6 Å². The summed E-state index contributed by atoms with van der Waals surface area (Å²) in [6.07, 6.45) is 3.52. The molecule has 0 aliphatic carbocycles. The Hall–Kier alpha value is -2.92. The average molecular weight is 556 g/mol. The van der Waals surface area contributed by atoms with E-state index < -0.39 is 26.1 Å². The zero-order valence-electron chi connectivity index (χ0n) is 21.9. The first kappa shape index (κ1) is 28.1. The highest BCUT2D eigenvalue weighted by Gasteiger charge is 2.43. The number of benzene rings is 2. The van der Waals surface area contributed by atoms with Gasteiger partial charge >= 0.3 is 0 Å². The summed E-state index contributed by atoms with van der Waals surface area (Å²) in [6.45, 7) is 9.27. The summed E-state index contributed by atoms with van der Waals surface area (Å²) in [6, 6.07) is 13.9. The third-order valence-electron chi connectivity index (χ3n) is 6.80. The van der Waals surface area contributed by atoms with Crippen LogP contribution in [-0.4, -0.2) is 61.9 Å². The molecule has 1 aromatic heterocycles. The monoisotopic (exact) mass is 555 g/mol. The molecule has 10 heteroatoms. The number of fused-ring (bicyclic) bond motifs is 1. The molecular weight excluding hydrogens is 522 g/mol. The second-order valence-electron chi connectivity index (χ2n) is 10.4. The molecule has 2 heterocycles. The summed E-state index contributed by atoms with van der Waals surface area (Å²) < 4.78 is 57.2. The third-order valence-corrected chi connectivity index (χ3v) is 10.6. The Bertz CT molecular complexity index is 1550. The van der Waals surface area contributed by atoms with Crippen molar-refractivity contribution < 1.29 is 21.6 Å². The largest absolute Gasteiger partial charge is 0.298 e. The summed E-state index contributed by atoms with van der Waals surface area (Å²) in [7, 11) is -8.11. The number of rotatable bonds is 8. The molecule has 3 aromatic rings. The highest BCUT2D eigenvalue weighted by atomic mass is 32.2. The van der Waals surface area contributed by atoms with Crippen molar-refractivity contribution >= 4 is 36.7 Å². The molecule has 1 unspecified atom stereocenters. The van der Waals surface area contributed by atoms with Gasteiger partial charge in [-0.25, -0.2) is 16.8 Å². The fourth-order valence-electron chi connectivity index (χ4n) is 4.61. The topological polar surface area (TPSA) is 105 Å². The fourth-order valence-corrected chi connectivity index (χ4v) is 7.80. The van der Waals surface area contributed by atoms with Crippen LogP contribution in [0.3, 0.4) is 0 Å². The average Bonchev–Trinajstić information content (AvgIpc) is 2.90. The lowest BCUT2D eigenvalue weighted by molar-refractivity contribution is -0.123. The molecule has 38 heavy (non-hydrogen) atoms. The second kappa shape index (κ2) is 10.7. The molecule has 1 aliphatic heterocycles. The summed E-state index contributed by atoms with van der Waals surface area (Å²) in [5, 5.41) is 0.656. The minimum absolute atomic E-state index is 0.00815. The van der Waals surface area contributed by atoms with Gasteiger partial charge in [-0.05, 0) is 41.7 Å². The van der Waals surface area contributed by atoms with Gasteiger partial charge in [-0.2, -0.15) is 8.61 Å². The zero-order chi connectivity index (χ0) is 27.7. The molecule has 1 fully saturated rings. The Labute approximate surface area is 225 Å². The van der Waals surface area contributed by atoms with E-state index in [1.807, 2.05) is 20.8 Å². The van der Waals surface area contributed by atoms with Crippen molar-refractivity contribution in [1.29, 1.82) is 0 Å². The van der Waals surface area contributed by atoms with Gasteiger partial charge in [-0.15, -0.1) is 6.58 Å². The van der Waals surface area contributed by atoms with Crippen molar-refractivity contribution in [3.63, 3.8) is 0 Å². The quantitative estimate of drug-likeness (QED) is 0.387. The first-order chi connectivity index (χ1) is 17.9. The third kappa shape index (κ3) is 5.44. The Balaban J connectivity index is 1.70. The molecule has 0 saturated carbocycles. The number of piperazine rings is 1. The van der Waals surface area contributed by atoms with Crippen LogP contribution in [0.2, 0.25) is 0 Å². The van der Waals surface area contributed by atoms with Gasteiger partial charge in [0.1, 0.15) is 4.90 Å². The Kier molecular flexibility index (Phi) is 7.90. The molecule has 0 amide bonds. The number of ketones is 1. The van der Waals surface area contributed by atoms with Crippen LogP contribution < -0.4 is 0 Å². The van der Waals surface area contributed by atoms with Gasteiger partial charge in [0.2, 0.25) is 20.0 Å². The van der Waals surface area contributed by atoms with E-state index in [1.54, 1.807) is 54.6 Å². The molecule has 0 radical (unpaired) electrons. The van der Waals surface area contributed by atoms with E-state index in [2.05, 4.69) is 11.6 Å². The summed E-state index contributed by atoms with van der Waals surface area (Å²) in [4.78, 5) is 17.7. The number of aromatic nitrogens is 1. The molecule has 1 aliphatic rings. The molecule has 1 saturated heterocycles. The van der Waals surface area contributed by atoms with Gasteiger partial charge in [-0.1, -0.05) is 57.2 Å². The lowest BCUT2D eigenvalue weighted by Crippen LogP contribution is -2.59. The number of allylic oxidation sites excluding steroid dienone is 1. The first-order valence-electron chi connectivity index (χ1n) is 12.5. The summed E-state index contributed by atoms with van der Waals surface area (Å²) >= 11 is 0. The van der Waals surface area contributed by atoms with Crippen molar-refractivity contribution in [2.75, 3.05) is 19.6 Å². The van der Waals surface area contributed by atoms with E-state index in [0.29, 0.717) is 17.3 Å². The van der Waals surface area contributed by atoms with Crippen molar-refractivity contribution in [3.8, 4) is 0 Å². The maximum Gasteiger partial charge on any atom is 0.245 e. The van der Waals surface area contributed by atoms with E-state index in [-0.39, 0.29) is 47.0 Å². The molecule has 0 N–H and O–H groups in total. The number of carbonyl (C=O) groups is 1. The molecule has 4 rings (SSSR count). The number of sulfonamides is 2. The van der Waals surface area contributed by atoms with E-state index in [9.17, 15) is 21.6 Å². The zero-order valence-corrected chi connectivity index (χ0v) is 23.5. The molecule has 202 valence electrons. The summed E-state index contributed by atoms with van der Waals surface area (Å²) in [5.41, 5.74) is 1.16. The Morgan fingerprint density at radius 1 is 1.00 bits per heavy atom. The Morgan fingerprint density at radius 3 is 2.34 bits per heavy atom. The molecule has 2 aromatic carbocycles. The molecular formula is C28H33N3O5S2. The Morgan fingerprint density at radius 2 is 1.68 bits per heavy atom. The predicted molar refractivity (Wildman–Crippen MR) is 148 cm³/mol. The highest BCUT2D eigenvalue weighted by Crippen LogP contribution is 2.30. The van der Waals surface area contributed by atoms with Crippen LogP contribution in [0.4, 0.5) is 0 Å². The van der Waals surface area contributed by atoms with Gasteiger partial charge < -0.3 is 0 Å².